The molecule has 2 rings (SSSR count). The number of benzene rings is 1. The Morgan fingerprint density at radius 1 is 1.17 bits per heavy atom. The highest BCUT2D eigenvalue weighted by molar-refractivity contribution is 6.37. The summed E-state index contributed by atoms with van der Waals surface area (Å²) in [6.07, 6.45) is 0. The molecule has 0 saturated carbocycles. The standard InChI is InChI=1S/C9H3ClN2O6/c10-7-5-3-4(11(14)15)1-2-6(5)18-9(13)8(7)12(16)17/h1-3H. The van der Waals surface area contributed by atoms with Crippen molar-refractivity contribution in [2.24, 2.45) is 0 Å². The van der Waals surface area contributed by atoms with Gasteiger partial charge >= 0.3 is 11.3 Å². The average molecular weight is 271 g/mol. The Kier molecular flexibility index (Phi) is 2.71. The molecule has 0 saturated heterocycles. The molecule has 0 radical (unpaired) electrons. The van der Waals surface area contributed by atoms with Crippen LogP contribution in [0, 0.1) is 20.2 Å². The van der Waals surface area contributed by atoms with Gasteiger partial charge in [0.25, 0.3) is 5.69 Å². The van der Waals surface area contributed by atoms with Crippen LogP contribution in [0.3, 0.4) is 0 Å². The molecule has 0 N–H and O–H groups in total. The first-order chi connectivity index (χ1) is 8.41. The Bertz CT molecular complexity index is 738. The van der Waals surface area contributed by atoms with Gasteiger partial charge in [0, 0.05) is 12.1 Å². The minimum Gasteiger partial charge on any atom is -0.418 e. The number of halogens is 1. The Morgan fingerprint density at radius 3 is 2.39 bits per heavy atom. The second kappa shape index (κ2) is 4.08. The van der Waals surface area contributed by atoms with E-state index in [1.807, 2.05) is 0 Å². The Morgan fingerprint density at radius 2 is 1.83 bits per heavy atom. The summed E-state index contributed by atoms with van der Waals surface area (Å²) in [4.78, 5) is 30.8. The molecule has 0 bridgehead atoms. The Labute approximate surface area is 103 Å². The molecule has 0 unspecified atom stereocenters. The van der Waals surface area contributed by atoms with E-state index in [2.05, 4.69) is 4.42 Å². The van der Waals surface area contributed by atoms with Gasteiger partial charge < -0.3 is 4.42 Å². The summed E-state index contributed by atoms with van der Waals surface area (Å²) in [5.41, 5.74) is -2.51. The molecule has 0 aliphatic rings. The molecule has 9 heteroatoms. The van der Waals surface area contributed by atoms with E-state index in [1.54, 1.807) is 0 Å². The van der Waals surface area contributed by atoms with E-state index in [0.29, 0.717) is 0 Å². The van der Waals surface area contributed by atoms with E-state index in [9.17, 15) is 25.0 Å². The normalized spacial score (nSPS) is 10.5. The van der Waals surface area contributed by atoms with Crippen molar-refractivity contribution in [1.29, 1.82) is 0 Å². The predicted octanol–water partition coefficient (Wildman–Crippen LogP) is 2.26. The molecule has 0 atom stereocenters. The highest BCUT2D eigenvalue weighted by atomic mass is 35.5. The van der Waals surface area contributed by atoms with Crippen molar-refractivity contribution >= 4 is 33.9 Å². The van der Waals surface area contributed by atoms with Gasteiger partial charge in [0.15, 0.2) is 0 Å². The number of hydrogen-bond donors (Lipinski definition) is 0. The first-order valence-corrected chi connectivity index (χ1v) is 4.84. The summed E-state index contributed by atoms with van der Waals surface area (Å²) in [5.74, 6) is 0. The van der Waals surface area contributed by atoms with Gasteiger partial charge in [-0.1, -0.05) is 11.6 Å². The molecular weight excluding hydrogens is 268 g/mol. The van der Waals surface area contributed by atoms with Crippen LogP contribution < -0.4 is 5.63 Å². The number of rotatable bonds is 2. The predicted molar refractivity (Wildman–Crippen MR) is 60.8 cm³/mol. The number of nitrogens with zero attached hydrogens (tertiary/aromatic N) is 2. The fraction of sp³-hybridized carbons (Fsp3) is 0. The zero-order valence-electron chi connectivity index (χ0n) is 8.45. The monoisotopic (exact) mass is 270 g/mol. The van der Waals surface area contributed by atoms with Gasteiger partial charge in [-0.15, -0.1) is 0 Å². The zero-order valence-corrected chi connectivity index (χ0v) is 9.21. The van der Waals surface area contributed by atoms with Crippen LogP contribution in [-0.4, -0.2) is 9.85 Å². The van der Waals surface area contributed by atoms with Crippen molar-refractivity contribution in [2.75, 3.05) is 0 Å². The van der Waals surface area contributed by atoms with Crippen molar-refractivity contribution in [3.05, 3.63) is 53.9 Å². The third-order valence-electron chi connectivity index (χ3n) is 2.20. The molecular formula is C9H3ClN2O6. The largest absolute Gasteiger partial charge is 0.418 e. The lowest BCUT2D eigenvalue weighted by atomic mass is 10.2. The van der Waals surface area contributed by atoms with Crippen LogP contribution in [0.2, 0.25) is 5.02 Å². The van der Waals surface area contributed by atoms with E-state index in [4.69, 9.17) is 11.6 Å². The minimum absolute atomic E-state index is 0.0544. The van der Waals surface area contributed by atoms with Crippen LogP contribution in [0.15, 0.2) is 27.4 Å². The van der Waals surface area contributed by atoms with Crippen LogP contribution in [0.4, 0.5) is 11.4 Å². The zero-order chi connectivity index (χ0) is 13.4. The Hall–Kier alpha value is -2.48. The van der Waals surface area contributed by atoms with Crippen molar-refractivity contribution < 1.29 is 14.3 Å². The molecule has 8 nitrogen and oxygen atoms in total. The molecule has 0 fully saturated rings. The van der Waals surface area contributed by atoms with Gasteiger partial charge in [-0.05, 0) is 6.07 Å². The van der Waals surface area contributed by atoms with Crippen LogP contribution in [0.5, 0.6) is 0 Å². The lowest BCUT2D eigenvalue weighted by molar-refractivity contribution is -0.387. The number of nitro benzene ring substituents is 1. The van der Waals surface area contributed by atoms with Crippen LogP contribution in [0.1, 0.15) is 0 Å². The number of nitro groups is 2. The van der Waals surface area contributed by atoms with E-state index in [1.165, 1.54) is 0 Å². The molecule has 1 aromatic heterocycles. The van der Waals surface area contributed by atoms with Gasteiger partial charge in [-0.25, -0.2) is 4.79 Å². The van der Waals surface area contributed by atoms with E-state index in [-0.39, 0.29) is 16.7 Å². The average Bonchev–Trinajstić information content (AvgIpc) is 2.27. The summed E-state index contributed by atoms with van der Waals surface area (Å²) in [6, 6.07) is 3.27. The van der Waals surface area contributed by atoms with Crippen LogP contribution >= 0.6 is 11.6 Å². The van der Waals surface area contributed by atoms with Gasteiger partial charge in [-0.3, -0.25) is 20.2 Å². The fourth-order valence-corrected chi connectivity index (χ4v) is 1.71. The molecule has 0 amide bonds. The van der Waals surface area contributed by atoms with Gasteiger partial charge in [0.2, 0.25) is 0 Å². The third kappa shape index (κ3) is 1.78. The first kappa shape index (κ1) is 12.0. The van der Waals surface area contributed by atoms with Gasteiger partial charge in [0.05, 0.1) is 15.2 Å². The molecule has 1 aromatic carbocycles. The minimum atomic E-state index is -1.20. The topological polar surface area (TPSA) is 116 Å². The molecule has 92 valence electrons. The van der Waals surface area contributed by atoms with Crippen molar-refractivity contribution in [3.8, 4) is 0 Å². The van der Waals surface area contributed by atoms with Gasteiger partial charge in [-0.2, -0.15) is 0 Å². The lowest BCUT2D eigenvalue weighted by Gasteiger charge is -1.99. The maximum atomic E-state index is 11.3. The smallest absolute Gasteiger partial charge is 0.416 e. The summed E-state index contributed by atoms with van der Waals surface area (Å²) in [7, 11) is 0. The molecule has 18 heavy (non-hydrogen) atoms. The molecule has 0 aliphatic carbocycles. The van der Waals surface area contributed by atoms with E-state index >= 15 is 0 Å². The summed E-state index contributed by atoms with van der Waals surface area (Å²) in [6.45, 7) is 0. The maximum Gasteiger partial charge on any atom is 0.416 e. The molecule has 1 heterocycles. The molecule has 0 aliphatic heterocycles. The highest BCUT2D eigenvalue weighted by Crippen LogP contribution is 2.31. The highest BCUT2D eigenvalue weighted by Gasteiger charge is 2.24. The summed E-state index contributed by atoms with van der Waals surface area (Å²) in [5, 5.41) is 20.7. The van der Waals surface area contributed by atoms with Crippen molar-refractivity contribution in [1.82, 2.24) is 0 Å². The van der Waals surface area contributed by atoms with Crippen LogP contribution in [0.25, 0.3) is 11.0 Å². The SMILES string of the molecule is O=c1oc2ccc([N+](=O)[O-])cc2c(Cl)c1[N+](=O)[O-]. The summed E-state index contributed by atoms with van der Waals surface area (Å²) < 4.78 is 4.67. The quantitative estimate of drug-likeness (QED) is 0.469. The first-order valence-electron chi connectivity index (χ1n) is 4.47. The third-order valence-corrected chi connectivity index (χ3v) is 2.58. The molecule has 0 spiro atoms. The lowest BCUT2D eigenvalue weighted by Crippen LogP contribution is -2.07. The number of hydrogen-bond acceptors (Lipinski definition) is 6. The van der Waals surface area contributed by atoms with Gasteiger partial charge in [0.1, 0.15) is 10.6 Å². The Balaban J connectivity index is 2.90. The van der Waals surface area contributed by atoms with Crippen molar-refractivity contribution in [3.63, 3.8) is 0 Å². The van der Waals surface area contributed by atoms with Crippen molar-refractivity contribution in [2.45, 2.75) is 0 Å². The number of non-ortho nitro benzene ring substituents is 1. The maximum absolute atomic E-state index is 11.3. The van der Waals surface area contributed by atoms with E-state index < -0.39 is 26.2 Å². The second-order valence-electron chi connectivity index (χ2n) is 3.25. The van der Waals surface area contributed by atoms with Crippen LogP contribution in [-0.2, 0) is 0 Å². The van der Waals surface area contributed by atoms with E-state index in [0.717, 1.165) is 18.2 Å². The summed E-state index contributed by atoms with van der Waals surface area (Å²) >= 11 is 5.69. The second-order valence-corrected chi connectivity index (χ2v) is 3.62. The molecule has 2 aromatic rings. The number of fused-ring (bicyclic) bond motifs is 1. The fourth-order valence-electron chi connectivity index (χ4n) is 1.41.